The number of rotatable bonds is 2. The molecule has 1 aromatic rings. The lowest BCUT2D eigenvalue weighted by Crippen LogP contribution is -2.24. The first-order valence-corrected chi connectivity index (χ1v) is 5.21. The Hall–Kier alpha value is -0.930. The average Bonchev–Trinajstić information content (AvgIpc) is 2.50. The van der Waals surface area contributed by atoms with Crippen molar-refractivity contribution in [3.63, 3.8) is 0 Å². The largest absolute Gasteiger partial charge is 0.356 e. The van der Waals surface area contributed by atoms with Crippen molar-refractivity contribution in [1.82, 2.24) is 5.32 Å². The maximum absolute atomic E-state index is 12.7. The first kappa shape index (κ1) is 10.6. The van der Waals surface area contributed by atoms with E-state index in [4.69, 9.17) is 4.74 Å². The highest BCUT2D eigenvalue weighted by molar-refractivity contribution is 5.17. The van der Waals surface area contributed by atoms with Gasteiger partial charge in [0.05, 0.1) is 5.60 Å². The summed E-state index contributed by atoms with van der Waals surface area (Å²) in [6.45, 7) is 4.98. The lowest BCUT2D eigenvalue weighted by atomic mass is 10.1. The van der Waals surface area contributed by atoms with E-state index in [1.165, 1.54) is 12.1 Å². The molecular weight excluding hydrogens is 193 g/mol. The highest BCUT2D eigenvalue weighted by Crippen LogP contribution is 2.19. The Morgan fingerprint density at radius 2 is 2.07 bits per heavy atom. The highest BCUT2D eigenvalue weighted by atomic mass is 19.1. The van der Waals surface area contributed by atoms with E-state index in [0.717, 1.165) is 18.5 Å². The second-order valence-corrected chi connectivity index (χ2v) is 4.58. The van der Waals surface area contributed by atoms with E-state index < -0.39 is 0 Å². The van der Waals surface area contributed by atoms with Crippen LogP contribution in [-0.2, 0) is 11.2 Å². The summed E-state index contributed by atoms with van der Waals surface area (Å²) in [6, 6.07) is 6.56. The zero-order chi connectivity index (χ0) is 10.9. The summed E-state index contributed by atoms with van der Waals surface area (Å²) >= 11 is 0. The second kappa shape index (κ2) is 3.91. The summed E-state index contributed by atoms with van der Waals surface area (Å²) < 4.78 is 18.5. The van der Waals surface area contributed by atoms with Crippen LogP contribution in [0, 0.1) is 5.82 Å². The van der Waals surface area contributed by atoms with Crippen LogP contribution in [0.5, 0.6) is 0 Å². The minimum absolute atomic E-state index is 0.0467. The number of nitrogens with one attached hydrogen (secondary N) is 1. The monoisotopic (exact) mass is 209 g/mol. The van der Waals surface area contributed by atoms with Gasteiger partial charge in [0.1, 0.15) is 12.0 Å². The Morgan fingerprint density at radius 1 is 1.40 bits per heavy atom. The van der Waals surface area contributed by atoms with Crippen LogP contribution >= 0.6 is 0 Å². The summed E-state index contributed by atoms with van der Waals surface area (Å²) in [5.41, 5.74) is 0.997. The van der Waals surface area contributed by atoms with Crippen molar-refractivity contribution >= 4 is 0 Å². The third-order valence-electron chi connectivity index (χ3n) is 2.55. The van der Waals surface area contributed by atoms with E-state index in [2.05, 4.69) is 19.2 Å². The molecule has 1 N–H and O–H groups in total. The number of hydrogen-bond acceptors (Lipinski definition) is 2. The minimum Gasteiger partial charge on any atom is -0.356 e. The van der Waals surface area contributed by atoms with E-state index in [1.807, 2.05) is 0 Å². The van der Waals surface area contributed by atoms with Crippen LogP contribution in [0.25, 0.3) is 0 Å². The van der Waals surface area contributed by atoms with Gasteiger partial charge in [0.25, 0.3) is 0 Å². The van der Waals surface area contributed by atoms with E-state index in [-0.39, 0.29) is 17.6 Å². The zero-order valence-corrected chi connectivity index (χ0v) is 9.09. The molecule has 0 saturated carbocycles. The Balaban J connectivity index is 1.96. The molecule has 0 spiro atoms. The standard InChI is InChI=1S/C12H16FNO/c1-12(2)8-14-11(15-12)7-9-3-5-10(13)6-4-9/h3-6,11,14H,7-8H2,1-2H3. The van der Waals surface area contributed by atoms with Gasteiger partial charge in [-0.25, -0.2) is 4.39 Å². The Bertz CT molecular complexity index is 334. The quantitative estimate of drug-likeness (QED) is 0.805. The number of hydrogen-bond donors (Lipinski definition) is 1. The number of halogens is 1. The number of benzene rings is 1. The summed E-state index contributed by atoms with van der Waals surface area (Å²) in [5, 5.41) is 3.29. The first-order valence-electron chi connectivity index (χ1n) is 5.21. The van der Waals surface area contributed by atoms with E-state index in [1.54, 1.807) is 12.1 Å². The van der Waals surface area contributed by atoms with Crippen molar-refractivity contribution < 1.29 is 9.13 Å². The van der Waals surface area contributed by atoms with Crippen LogP contribution in [0.1, 0.15) is 19.4 Å². The molecule has 1 aliphatic rings. The predicted octanol–water partition coefficient (Wildman–Crippen LogP) is 2.09. The van der Waals surface area contributed by atoms with E-state index in [0.29, 0.717) is 0 Å². The Labute approximate surface area is 89.4 Å². The van der Waals surface area contributed by atoms with Crippen molar-refractivity contribution in [1.29, 1.82) is 0 Å². The molecule has 1 aliphatic heterocycles. The van der Waals surface area contributed by atoms with Gasteiger partial charge in [0.15, 0.2) is 0 Å². The summed E-state index contributed by atoms with van der Waals surface area (Å²) in [7, 11) is 0. The molecule has 3 heteroatoms. The molecule has 0 aliphatic carbocycles. The van der Waals surface area contributed by atoms with Gasteiger partial charge in [-0.2, -0.15) is 0 Å². The fourth-order valence-electron chi connectivity index (χ4n) is 1.78. The van der Waals surface area contributed by atoms with Crippen LogP contribution in [-0.4, -0.2) is 18.4 Å². The molecule has 2 rings (SSSR count). The van der Waals surface area contributed by atoms with Crippen molar-refractivity contribution in [2.45, 2.75) is 32.1 Å². The minimum atomic E-state index is -0.195. The van der Waals surface area contributed by atoms with E-state index >= 15 is 0 Å². The van der Waals surface area contributed by atoms with Gasteiger partial charge in [0.2, 0.25) is 0 Å². The molecule has 1 unspecified atom stereocenters. The Kier molecular flexibility index (Phi) is 2.76. The van der Waals surface area contributed by atoms with Crippen LogP contribution in [0.4, 0.5) is 4.39 Å². The molecule has 2 nitrogen and oxygen atoms in total. The van der Waals surface area contributed by atoms with Crippen molar-refractivity contribution in [2.24, 2.45) is 0 Å². The van der Waals surface area contributed by atoms with Crippen molar-refractivity contribution in [3.8, 4) is 0 Å². The molecular formula is C12H16FNO. The molecule has 1 saturated heterocycles. The van der Waals surface area contributed by atoms with Gasteiger partial charge in [-0.3, -0.25) is 5.32 Å². The summed E-state index contributed by atoms with van der Waals surface area (Å²) in [6.07, 6.45) is 0.828. The third kappa shape index (κ3) is 2.76. The molecule has 0 aromatic heterocycles. The van der Waals surface area contributed by atoms with Gasteiger partial charge < -0.3 is 4.74 Å². The maximum Gasteiger partial charge on any atom is 0.123 e. The van der Waals surface area contributed by atoms with Crippen LogP contribution in [0.3, 0.4) is 0 Å². The van der Waals surface area contributed by atoms with Gasteiger partial charge in [-0.1, -0.05) is 12.1 Å². The van der Waals surface area contributed by atoms with Gasteiger partial charge in [0, 0.05) is 13.0 Å². The van der Waals surface area contributed by atoms with Gasteiger partial charge in [-0.15, -0.1) is 0 Å². The molecule has 1 heterocycles. The summed E-state index contributed by atoms with van der Waals surface area (Å²) in [5.74, 6) is -0.195. The highest BCUT2D eigenvalue weighted by Gasteiger charge is 2.30. The fraction of sp³-hybridized carbons (Fsp3) is 0.500. The topological polar surface area (TPSA) is 21.3 Å². The molecule has 1 fully saturated rings. The molecule has 82 valence electrons. The second-order valence-electron chi connectivity index (χ2n) is 4.58. The molecule has 0 amide bonds. The average molecular weight is 209 g/mol. The fourth-order valence-corrected chi connectivity index (χ4v) is 1.78. The van der Waals surface area contributed by atoms with Crippen LogP contribution in [0.15, 0.2) is 24.3 Å². The summed E-state index contributed by atoms with van der Waals surface area (Å²) in [4.78, 5) is 0. The Morgan fingerprint density at radius 3 is 2.60 bits per heavy atom. The molecule has 0 bridgehead atoms. The first-order chi connectivity index (χ1) is 7.05. The van der Waals surface area contributed by atoms with Crippen LogP contribution in [0.2, 0.25) is 0 Å². The SMILES string of the molecule is CC1(C)CNC(Cc2ccc(F)cc2)O1. The number of ether oxygens (including phenoxy) is 1. The van der Waals surface area contributed by atoms with Gasteiger partial charge >= 0.3 is 0 Å². The molecule has 0 radical (unpaired) electrons. The zero-order valence-electron chi connectivity index (χ0n) is 9.09. The molecule has 1 aromatic carbocycles. The molecule has 1 atom stereocenters. The maximum atomic E-state index is 12.7. The predicted molar refractivity (Wildman–Crippen MR) is 57.1 cm³/mol. The van der Waals surface area contributed by atoms with Gasteiger partial charge in [-0.05, 0) is 31.5 Å². The smallest absolute Gasteiger partial charge is 0.123 e. The van der Waals surface area contributed by atoms with Crippen LogP contribution < -0.4 is 5.32 Å². The normalized spacial score (nSPS) is 24.3. The molecule has 15 heavy (non-hydrogen) atoms. The van der Waals surface area contributed by atoms with E-state index in [9.17, 15) is 4.39 Å². The lowest BCUT2D eigenvalue weighted by molar-refractivity contribution is -0.0136. The van der Waals surface area contributed by atoms with Crippen molar-refractivity contribution in [2.75, 3.05) is 6.54 Å². The van der Waals surface area contributed by atoms with Crippen molar-refractivity contribution in [3.05, 3.63) is 35.6 Å². The third-order valence-corrected chi connectivity index (χ3v) is 2.55. The lowest BCUT2D eigenvalue weighted by Gasteiger charge is -2.17.